The fraction of sp³-hybridized carbons (Fsp3) is 0.500. The van der Waals surface area contributed by atoms with Crippen LogP contribution in [0, 0.1) is 0 Å². The minimum absolute atomic E-state index is 0.235. The summed E-state index contributed by atoms with van der Waals surface area (Å²) in [5, 5.41) is 4.09. The predicted molar refractivity (Wildman–Crippen MR) is 91.9 cm³/mol. The van der Waals surface area contributed by atoms with Gasteiger partial charge in [-0.2, -0.15) is 22.1 Å². The van der Waals surface area contributed by atoms with E-state index in [-0.39, 0.29) is 6.04 Å². The average Bonchev–Trinajstić information content (AvgIpc) is 3.16. The van der Waals surface area contributed by atoms with Gasteiger partial charge in [0, 0.05) is 26.2 Å². The number of benzene rings is 1. The van der Waals surface area contributed by atoms with Crippen LogP contribution >= 0.6 is 0 Å². The Bertz CT molecular complexity index is 752. The molecule has 0 amide bonds. The fourth-order valence-corrected chi connectivity index (χ4v) is 4.54. The second-order valence-electron chi connectivity index (χ2n) is 6.09. The molecular formula is C16H23N5O2S. The molecule has 1 aromatic heterocycles. The number of piperidine rings is 1. The molecule has 0 spiro atoms. The highest BCUT2D eigenvalue weighted by atomic mass is 32.2. The van der Waals surface area contributed by atoms with E-state index < -0.39 is 10.2 Å². The largest absolute Gasteiger partial charge is 0.282 e. The maximum atomic E-state index is 12.8. The lowest BCUT2D eigenvalue weighted by Crippen LogP contribution is -2.45. The molecule has 8 heteroatoms. The first-order chi connectivity index (χ1) is 11.5. The second-order valence-corrected chi connectivity index (χ2v) is 8.08. The minimum atomic E-state index is -3.42. The van der Waals surface area contributed by atoms with E-state index in [1.165, 1.54) is 10.6 Å². The summed E-state index contributed by atoms with van der Waals surface area (Å²) in [6, 6.07) is 7.47. The number of hydrogen-bond acceptors (Lipinski definition) is 4. The third kappa shape index (κ3) is 3.35. The summed E-state index contributed by atoms with van der Waals surface area (Å²) in [5.41, 5.74) is 1.84. The second kappa shape index (κ2) is 7.00. The van der Waals surface area contributed by atoms with Gasteiger partial charge in [0.05, 0.1) is 5.69 Å². The number of aromatic nitrogens is 3. The molecule has 1 saturated heterocycles. The van der Waals surface area contributed by atoms with Crippen LogP contribution in [0.25, 0.3) is 5.69 Å². The van der Waals surface area contributed by atoms with E-state index >= 15 is 0 Å². The Labute approximate surface area is 143 Å². The lowest BCUT2D eigenvalue weighted by Gasteiger charge is -2.33. The maximum absolute atomic E-state index is 12.8. The number of hydrogen-bond donors (Lipinski definition) is 0. The van der Waals surface area contributed by atoms with Gasteiger partial charge in [-0.25, -0.2) is 9.67 Å². The van der Waals surface area contributed by atoms with Crippen molar-refractivity contribution in [3.63, 3.8) is 0 Å². The van der Waals surface area contributed by atoms with Crippen molar-refractivity contribution < 1.29 is 8.42 Å². The van der Waals surface area contributed by atoms with Crippen LogP contribution in [0.1, 0.15) is 37.8 Å². The summed E-state index contributed by atoms with van der Waals surface area (Å²) < 4.78 is 30.3. The van der Waals surface area contributed by atoms with Crippen LogP contribution in [0.5, 0.6) is 0 Å². The van der Waals surface area contributed by atoms with Crippen molar-refractivity contribution in [3.05, 3.63) is 42.5 Å². The zero-order valence-electron chi connectivity index (χ0n) is 14.0. The van der Waals surface area contributed by atoms with Gasteiger partial charge in [0.25, 0.3) is 10.2 Å². The van der Waals surface area contributed by atoms with Gasteiger partial charge in [-0.1, -0.05) is 18.6 Å². The molecule has 0 N–H and O–H groups in total. The highest BCUT2D eigenvalue weighted by molar-refractivity contribution is 7.86. The van der Waals surface area contributed by atoms with Gasteiger partial charge in [-0.3, -0.25) is 0 Å². The SMILES string of the molecule is C[C@@H](c1ccc(-n2cncn2)cc1)N(C)S(=O)(=O)N1CCCCC1. The molecule has 1 atom stereocenters. The summed E-state index contributed by atoms with van der Waals surface area (Å²) >= 11 is 0. The third-order valence-electron chi connectivity index (χ3n) is 4.61. The van der Waals surface area contributed by atoms with Crippen LogP contribution in [0.15, 0.2) is 36.9 Å². The van der Waals surface area contributed by atoms with E-state index in [9.17, 15) is 8.42 Å². The molecule has 130 valence electrons. The van der Waals surface area contributed by atoms with Crippen molar-refractivity contribution in [2.45, 2.75) is 32.2 Å². The van der Waals surface area contributed by atoms with Crippen molar-refractivity contribution in [2.24, 2.45) is 0 Å². The van der Waals surface area contributed by atoms with E-state index in [4.69, 9.17) is 0 Å². The van der Waals surface area contributed by atoms with Crippen LogP contribution < -0.4 is 0 Å². The van der Waals surface area contributed by atoms with Crippen molar-refractivity contribution in [2.75, 3.05) is 20.1 Å². The van der Waals surface area contributed by atoms with Gasteiger partial charge in [-0.15, -0.1) is 0 Å². The molecule has 1 fully saturated rings. The summed E-state index contributed by atoms with van der Waals surface area (Å²) in [5.74, 6) is 0. The van der Waals surface area contributed by atoms with E-state index in [2.05, 4.69) is 10.1 Å². The lowest BCUT2D eigenvalue weighted by molar-refractivity contribution is 0.297. The monoisotopic (exact) mass is 349 g/mol. The standard InChI is InChI=1S/C16H23N5O2S/c1-14(19(2)24(22,23)20-10-4-3-5-11-20)15-6-8-16(9-7-15)21-13-17-12-18-21/h6-9,12-14H,3-5,10-11H2,1-2H3/t14-/m0/s1. The lowest BCUT2D eigenvalue weighted by atomic mass is 10.1. The van der Waals surface area contributed by atoms with Crippen LogP contribution in [0.4, 0.5) is 0 Å². The number of nitrogens with zero attached hydrogens (tertiary/aromatic N) is 5. The van der Waals surface area contributed by atoms with Gasteiger partial charge in [0.2, 0.25) is 0 Å². The predicted octanol–water partition coefficient (Wildman–Crippen LogP) is 1.99. The van der Waals surface area contributed by atoms with Crippen LogP contribution in [-0.4, -0.2) is 51.9 Å². The molecule has 2 aromatic rings. The van der Waals surface area contributed by atoms with Gasteiger partial charge in [0.1, 0.15) is 12.7 Å². The summed E-state index contributed by atoms with van der Waals surface area (Å²) in [7, 11) is -1.77. The topological polar surface area (TPSA) is 71.3 Å². The molecule has 2 heterocycles. The summed E-state index contributed by atoms with van der Waals surface area (Å²) in [6.07, 6.45) is 6.10. The van der Waals surface area contributed by atoms with Gasteiger partial charge < -0.3 is 0 Å². The van der Waals surface area contributed by atoms with Crippen molar-refractivity contribution in [1.29, 1.82) is 0 Å². The van der Waals surface area contributed by atoms with Crippen molar-refractivity contribution in [1.82, 2.24) is 23.4 Å². The third-order valence-corrected chi connectivity index (χ3v) is 6.67. The first-order valence-electron chi connectivity index (χ1n) is 8.18. The van der Waals surface area contributed by atoms with Crippen LogP contribution in [0.2, 0.25) is 0 Å². The first kappa shape index (κ1) is 17.1. The first-order valence-corrected chi connectivity index (χ1v) is 9.58. The van der Waals surface area contributed by atoms with E-state index in [1.54, 1.807) is 22.4 Å². The van der Waals surface area contributed by atoms with Crippen molar-refractivity contribution in [3.8, 4) is 5.69 Å². The van der Waals surface area contributed by atoms with Crippen LogP contribution in [0.3, 0.4) is 0 Å². The Morgan fingerprint density at radius 1 is 1.12 bits per heavy atom. The molecule has 24 heavy (non-hydrogen) atoms. The molecule has 0 bridgehead atoms. The molecule has 1 aromatic carbocycles. The smallest absolute Gasteiger partial charge is 0.223 e. The Morgan fingerprint density at radius 3 is 2.38 bits per heavy atom. The number of rotatable bonds is 5. The average molecular weight is 349 g/mol. The fourth-order valence-electron chi connectivity index (χ4n) is 2.93. The Morgan fingerprint density at radius 2 is 1.79 bits per heavy atom. The van der Waals surface area contributed by atoms with E-state index in [0.717, 1.165) is 30.5 Å². The highest BCUT2D eigenvalue weighted by Gasteiger charge is 2.31. The van der Waals surface area contributed by atoms with Gasteiger partial charge in [0.15, 0.2) is 0 Å². The highest BCUT2D eigenvalue weighted by Crippen LogP contribution is 2.25. The Kier molecular flexibility index (Phi) is 4.98. The van der Waals surface area contributed by atoms with Gasteiger partial charge >= 0.3 is 0 Å². The van der Waals surface area contributed by atoms with E-state index in [1.807, 2.05) is 31.2 Å². The molecule has 1 aliphatic heterocycles. The molecule has 0 saturated carbocycles. The molecule has 0 unspecified atom stereocenters. The summed E-state index contributed by atoms with van der Waals surface area (Å²) in [4.78, 5) is 3.93. The molecular weight excluding hydrogens is 326 g/mol. The van der Waals surface area contributed by atoms with Crippen molar-refractivity contribution >= 4 is 10.2 Å². The summed E-state index contributed by atoms with van der Waals surface area (Å²) in [6.45, 7) is 3.14. The molecule has 7 nitrogen and oxygen atoms in total. The zero-order valence-corrected chi connectivity index (χ0v) is 14.9. The van der Waals surface area contributed by atoms with E-state index in [0.29, 0.717) is 13.1 Å². The zero-order chi connectivity index (χ0) is 17.2. The van der Waals surface area contributed by atoms with Gasteiger partial charge in [-0.05, 0) is 37.5 Å². The Balaban J connectivity index is 1.76. The molecule has 3 rings (SSSR count). The van der Waals surface area contributed by atoms with Crippen LogP contribution in [-0.2, 0) is 10.2 Å². The molecule has 1 aliphatic rings. The minimum Gasteiger partial charge on any atom is -0.223 e. The maximum Gasteiger partial charge on any atom is 0.282 e. The Hall–Kier alpha value is -1.77. The normalized spacial score (nSPS) is 18.0. The molecule has 0 radical (unpaired) electrons. The quantitative estimate of drug-likeness (QED) is 0.828. The molecule has 0 aliphatic carbocycles.